The zero-order valence-electron chi connectivity index (χ0n) is 17.7. The predicted molar refractivity (Wildman–Crippen MR) is 122 cm³/mol. The second kappa shape index (κ2) is 9.51. The molecule has 1 aliphatic rings. The van der Waals surface area contributed by atoms with Crippen molar-refractivity contribution in [2.45, 2.75) is 13.3 Å². The number of nitrogens with zero attached hydrogens (tertiary/aromatic N) is 2. The van der Waals surface area contributed by atoms with Gasteiger partial charge in [-0.1, -0.05) is 30.3 Å². The first-order valence-electron chi connectivity index (χ1n) is 10.7. The highest BCUT2D eigenvalue weighted by molar-refractivity contribution is 5.92. The number of amides is 2. The van der Waals surface area contributed by atoms with Crippen molar-refractivity contribution in [2.24, 2.45) is 0 Å². The van der Waals surface area contributed by atoms with Gasteiger partial charge in [0, 0.05) is 49.4 Å². The minimum Gasteiger partial charge on any atom is -0.494 e. The van der Waals surface area contributed by atoms with Crippen LogP contribution in [0.2, 0.25) is 0 Å². The van der Waals surface area contributed by atoms with Gasteiger partial charge >= 0.3 is 0 Å². The summed E-state index contributed by atoms with van der Waals surface area (Å²) in [7, 11) is 0. The molecule has 0 bridgehead atoms. The van der Waals surface area contributed by atoms with Crippen LogP contribution < -0.4 is 4.74 Å². The third kappa shape index (κ3) is 4.97. The highest BCUT2D eigenvalue weighted by Gasteiger charge is 2.23. The van der Waals surface area contributed by atoms with Crippen molar-refractivity contribution in [3.05, 3.63) is 71.9 Å². The maximum Gasteiger partial charge on any atom is 0.246 e. The first-order chi connectivity index (χ1) is 15.1. The van der Waals surface area contributed by atoms with E-state index in [-0.39, 0.29) is 11.8 Å². The Bertz CT molecular complexity index is 1080. The van der Waals surface area contributed by atoms with Crippen molar-refractivity contribution < 1.29 is 14.3 Å². The fourth-order valence-electron chi connectivity index (χ4n) is 3.84. The van der Waals surface area contributed by atoms with Gasteiger partial charge < -0.3 is 19.5 Å². The number of carbonyl (C=O) groups excluding carboxylic acids is 2. The summed E-state index contributed by atoms with van der Waals surface area (Å²) in [6, 6.07) is 15.6. The molecule has 1 aromatic heterocycles. The predicted octanol–water partition coefficient (Wildman–Crippen LogP) is 3.49. The summed E-state index contributed by atoms with van der Waals surface area (Å²) in [5.74, 6) is 0.888. The quantitative estimate of drug-likeness (QED) is 0.625. The summed E-state index contributed by atoms with van der Waals surface area (Å²) in [5.41, 5.74) is 3.00. The Morgan fingerprint density at radius 1 is 1.00 bits per heavy atom. The minimum atomic E-state index is -0.0300. The summed E-state index contributed by atoms with van der Waals surface area (Å²) in [6.45, 7) is 4.79. The van der Waals surface area contributed by atoms with Gasteiger partial charge in [-0.3, -0.25) is 9.59 Å². The Kier molecular flexibility index (Phi) is 6.36. The van der Waals surface area contributed by atoms with Gasteiger partial charge in [0.15, 0.2) is 0 Å². The Hall–Kier alpha value is -3.54. The molecule has 4 rings (SSSR count). The van der Waals surface area contributed by atoms with E-state index in [1.165, 1.54) is 0 Å². The number of hydrogen-bond donors (Lipinski definition) is 1. The number of aromatic nitrogens is 1. The lowest BCUT2D eigenvalue weighted by atomic mass is 10.1. The number of rotatable bonds is 6. The number of nitrogens with one attached hydrogen (secondary N) is 1. The standard InChI is InChI=1S/C25H27N3O3/c1-2-31-21-10-7-19(8-11-21)9-12-24(29)27-13-15-28(16-14-27)25(30)17-20-18-26-23-6-4-3-5-22(20)23/h3-12,18,26H,2,13-17H2,1H3/b12-9+. The van der Waals surface area contributed by atoms with Gasteiger partial charge in [-0.25, -0.2) is 0 Å². The van der Waals surface area contributed by atoms with E-state index in [2.05, 4.69) is 4.98 Å². The molecule has 2 heterocycles. The maximum atomic E-state index is 12.8. The molecule has 1 N–H and O–H groups in total. The van der Waals surface area contributed by atoms with Crippen LogP contribution in [0.5, 0.6) is 5.75 Å². The smallest absolute Gasteiger partial charge is 0.246 e. The van der Waals surface area contributed by atoms with Crippen molar-refractivity contribution >= 4 is 28.8 Å². The van der Waals surface area contributed by atoms with E-state index >= 15 is 0 Å². The summed E-state index contributed by atoms with van der Waals surface area (Å²) < 4.78 is 5.43. The van der Waals surface area contributed by atoms with Crippen LogP contribution in [-0.4, -0.2) is 59.4 Å². The highest BCUT2D eigenvalue weighted by Crippen LogP contribution is 2.19. The van der Waals surface area contributed by atoms with Gasteiger partial charge in [0.1, 0.15) is 5.75 Å². The van der Waals surface area contributed by atoms with E-state index in [1.54, 1.807) is 11.0 Å². The molecule has 2 aromatic carbocycles. The second-order valence-corrected chi connectivity index (χ2v) is 7.58. The third-order valence-electron chi connectivity index (χ3n) is 5.57. The largest absolute Gasteiger partial charge is 0.494 e. The van der Waals surface area contributed by atoms with Crippen LogP contribution in [0.25, 0.3) is 17.0 Å². The Balaban J connectivity index is 1.28. The summed E-state index contributed by atoms with van der Waals surface area (Å²) in [6.07, 6.45) is 5.69. The number of H-pyrrole nitrogens is 1. The molecule has 6 nitrogen and oxygen atoms in total. The van der Waals surface area contributed by atoms with Gasteiger partial charge in [0.2, 0.25) is 11.8 Å². The fourth-order valence-corrected chi connectivity index (χ4v) is 3.84. The van der Waals surface area contributed by atoms with Gasteiger partial charge in [-0.2, -0.15) is 0 Å². The number of piperazine rings is 1. The summed E-state index contributed by atoms with van der Waals surface area (Å²) in [5, 5.41) is 1.09. The van der Waals surface area contributed by atoms with Gasteiger partial charge in [-0.15, -0.1) is 0 Å². The number of aromatic amines is 1. The lowest BCUT2D eigenvalue weighted by Crippen LogP contribution is -2.50. The molecular weight excluding hydrogens is 390 g/mol. The molecule has 3 aromatic rings. The second-order valence-electron chi connectivity index (χ2n) is 7.58. The van der Waals surface area contributed by atoms with Crippen LogP contribution in [0.15, 0.2) is 60.8 Å². The van der Waals surface area contributed by atoms with Crippen LogP contribution in [0.1, 0.15) is 18.1 Å². The molecule has 0 radical (unpaired) electrons. The average molecular weight is 418 g/mol. The van der Waals surface area contributed by atoms with E-state index in [9.17, 15) is 9.59 Å². The molecule has 0 unspecified atom stereocenters. The van der Waals surface area contributed by atoms with Crippen LogP contribution in [-0.2, 0) is 16.0 Å². The van der Waals surface area contributed by atoms with E-state index in [0.717, 1.165) is 27.8 Å². The normalized spacial score (nSPS) is 14.4. The molecule has 1 aliphatic heterocycles. The number of fused-ring (bicyclic) bond motifs is 1. The number of hydrogen-bond acceptors (Lipinski definition) is 3. The zero-order chi connectivity index (χ0) is 21.6. The molecule has 1 saturated heterocycles. The monoisotopic (exact) mass is 417 g/mol. The molecule has 0 spiro atoms. The van der Waals surface area contributed by atoms with Crippen LogP contribution in [0.3, 0.4) is 0 Å². The number of benzene rings is 2. The average Bonchev–Trinajstić information content (AvgIpc) is 3.21. The SMILES string of the molecule is CCOc1ccc(/C=C/C(=O)N2CCN(C(=O)Cc3c[nH]c4ccccc34)CC2)cc1. The zero-order valence-corrected chi connectivity index (χ0v) is 17.7. The van der Waals surface area contributed by atoms with Crippen molar-refractivity contribution in [1.82, 2.24) is 14.8 Å². The van der Waals surface area contributed by atoms with Gasteiger partial charge in [0.05, 0.1) is 13.0 Å². The molecule has 160 valence electrons. The van der Waals surface area contributed by atoms with E-state index in [4.69, 9.17) is 4.74 Å². The van der Waals surface area contributed by atoms with Crippen molar-refractivity contribution in [2.75, 3.05) is 32.8 Å². The molecule has 0 atom stereocenters. The summed E-state index contributed by atoms with van der Waals surface area (Å²) in [4.78, 5) is 32.1. The Morgan fingerprint density at radius 3 is 2.45 bits per heavy atom. The number of ether oxygens (including phenoxy) is 1. The molecule has 1 fully saturated rings. The Labute approximate surface area is 182 Å². The number of para-hydroxylation sites is 1. The molecule has 0 aliphatic carbocycles. The lowest BCUT2D eigenvalue weighted by molar-refractivity contribution is -0.136. The van der Waals surface area contributed by atoms with E-state index in [1.807, 2.05) is 72.6 Å². The molecule has 0 saturated carbocycles. The van der Waals surface area contributed by atoms with Crippen LogP contribution in [0.4, 0.5) is 0 Å². The molecular formula is C25H27N3O3. The van der Waals surface area contributed by atoms with Gasteiger partial charge in [0.25, 0.3) is 0 Å². The topological polar surface area (TPSA) is 65.6 Å². The molecule has 6 heteroatoms. The summed E-state index contributed by atoms with van der Waals surface area (Å²) >= 11 is 0. The van der Waals surface area contributed by atoms with Crippen molar-refractivity contribution in [1.29, 1.82) is 0 Å². The maximum absolute atomic E-state index is 12.8. The minimum absolute atomic E-state index is 0.0300. The third-order valence-corrected chi connectivity index (χ3v) is 5.57. The molecule has 2 amide bonds. The van der Waals surface area contributed by atoms with E-state index < -0.39 is 0 Å². The fraction of sp³-hybridized carbons (Fsp3) is 0.280. The first kappa shape index (κ1) is 20.7. The number of carbonyl (C=O) groups is 2. The van der Waals surface area contributed by atoms with Crippen LogP contribution in [0, 0.1) is 0 Å². The lowest BCUT2D eigenvalue weighted by Gasteiger charge is -2.34. The molecule has 31 heavy (non-hydrogen) atoms. The van der Waals surface area contributed by atoms with Crippen LogP contribution >= 0.6 is 0 Å². The Morgan fingerprint density at radius 2 is 1.71 bits per heavy atom. The van der Waals surface area contributed by atoms with Crippen molar-refractivity contribution in [3.63, 3.8) is 0 Å². The van der Waals surface area contributed by atoms with E-state index in [0.29, 0.717) is 39.2 Å². The highest BCUT2D eigenvalue weighted by atomic mass is 16.5. The van der Waals surface area contributed by atoms with Crippen molar-refractivity contribution in [3.8, 4) is 5.75 Å². The first-order valence-corrected chi connectivity index (χ1v) is 10.7. The van der Waals surface area contributed by atoms with Gasteiger partial charge in [-0.05, 0) is 42.3 Å².